The Hall–Kier alpha value is -2.54. The Morgan fingerprint density at radius 3 is 2.87 bits per heavy atom. The fraction of sp³-hybridized carbons (Fsp3) is 0.565. The molecule has 4 heterocycles. The van der Waals surface area contributed by atoms with Gasteiger partial charge in [0.25, 0.3) is 5.91 Å². The number of rotatable bonds is 3. The van der Waals surface area contributed by atoms with Gasteiger partial charge >= 0.3 is 0 Å². The lowest BCUT2D eigenvalue weighted by Crippen LogP contribution is -2.66. The number of fused-ring (bicyclic) bond motifs is 5. The van der Waals surface area contributed by atoms with Gasteiger partial charge < -0.3 is 24.1 Å². The molecular formula is C23H28N2O5. The van der Waals surface area contributed by atoms with Crippen LogP contribution in [0.2, 0.25) is 0 Å². The van der Waals surface area contributed by atoms with Gasteiger partial charge in [-0.1, -0.05) is 0 Å². The number of ether oxygens (including phenoxy) is 1. The van der Waals surface area contributed by atoms with E-state index in [1.807, 2.05) is 28.9 Å². The summed E-state index contributed by atoms with van der Waals surface area (Å²) >= 11 is 0. The van der Waals surface area contributed by atoms with Crippen LogP contribution >= 0.6 is 0 Å². The number of benzene rings is 1. The molecule has 2 aromatic rings. The fourth-order valence-electron chi connectivity index (χ4n) is 5.86. The third-order valence-electron chi connectivity index (χ3n) is 7.31. The van der Waals surface area contributed by atoms with E-state index in [0.29, 0.717) is 36.6 Å². The van der Waals surface area contributed by atoms with Crippen LogP contribution in [-0.4, -0.2) is 65.6 Å². The molecule has 0 saturated carbocycles. The fourth-order valence-corrected chi connectivity index (χ4v) is 5.86. The first kappa shape index (κ1) is 19.4. The number of hydrogen-bond acceptors (Lipinski definition) is 5. The van der Waals surface area contributed by atoms with Gasteiger partial charge in [-0.05, 0) is 50.2 Å². The zero-order chi connectivity index (χ0) is 21.0. The highest BCUT2D eigenvalue weighted by molar-refractivity contribution is 5.99. The zero-order valence-electron chi connectivity index (χ0n) is 17.5. The monoisotopic (exact) mass is 412 g/mol. The lowest BCUT2D eigenvalue weighted by Gasteiger charge is -2.56. The number of carbonyl (C=O) groups is 2. The number of carbonyl (C=O) groups excluding carboxylic acids is 2. The molecule has 0 radical (unpaired) electrons. The first-order chi connectivity index (χ1) is 14.5. The van der Waals surface area contributed by atoms with Gasteiger partial charge in [0.1, 0.15) is 11.3 Å². The average molecular weight is 412 g/mol. The van der Waals surface area contributed by atoms with E-state index in [-0.39, 0.29) is 42.3 Å². The molecule has 3 aliphatic heterocycles. The van der Waals surface area contributed by atoms with E-state index in [4.69, 9.17) is 9.15 Å². The van der Waals surface area contributed by atoms with Crippen molar-refractivity contribution in [3.63, 3.8) is 0 Å². The molecular weight excluding hydrogens is 384 g/mol. The van der Waals surface area contributed by atoms with Crippen molar-refractivity contribution < 1.29 is 23.8 Å². The summed E-state index contributed by atoms with van der Waals surface area (Å²) in [6.45, 7) is 3.03. The van der Waals surface area contributed by atoms with E-state index < -0.39 is 0 Å². The van der Waals surface area contributed by atoms with Crippen LogP contribution in [0.3, 0.4) is 0 Å². The largest absolute Gasteiger partial charge is 0.497 e. The average Bonchev–Trinajstić information content (AvgIpc) is 3.09. The second kappa shape index (κ2) is 7.30. The van der Waals surface area contributed by atoms with E-state index in [9.17, 15) is 14.7 Å². The summed E-state index contributed by atoms with van der Waals surface area (Å²) in [7, 11) is 1.60. The Morgan fingerprint density at radius 2 is 2.10 bits per heavy atom. The molecule has 0 unspecified atom stereocenters. The molecule has 1 aromatic heterocycles. The first-order valence-electron chi connectivity index (χ1n) is 10.8. The molecule has 2 amide bonds. The van der Waals surface area contributed by atoms with Gasteiger partial charge in [0, 0.05) is 42.6 Å². The van der Waals surface area contributed by atoms with Crippen LogP contribution in [0.25, 0.3) is 11.0 Å². The van der Waals surface area contributed by atoms with Gasteiger partial charge in [-0.25, -0.2) is 0 Å². The first-order valence-corrected chi connectivity index (χ1v) is 10.8. The van der Waals surface area contributed by atoms with Crippen LogP contribution in [0.5, 0.6) is 5.75 Å². The van der Waals surface area contributed by atoms with Crippen molar-refractivity contribution in [2.24, 2.45) is 11.8 Å². The van der Waals surface area contributed by atoms with E-state index in [2.05, 4.69) is 0 Å². The Bertz CT molecular complexity index is 985. The van der Waals surface area contributed by atoms with Crippen LogP contribution in [0.1, 0.15) is 41.8 Å². The number of aliphatic hydroxyl groups is 1. The van der Waals surface area contributed by atoms with Gasteiger partial charge in [-0.15, -0.1) is 0 Å². The van der Waals surface area contributed by atoms with Crippen molar-refractivity contribution >= 4 is 22.8 Å². The topological polar surface area (TPSA) is 83.2 Å². The van der Waals surface area contributed by atoms with Crippen molar-refractivity contribution in [2.45, 2.75) is 44.7 Å². The van der Waals surface area contributed by atoms with E-state index >= 15 is 0 Å². The number of hydrogen-bond donors (Lipinski definition) is 1. The van der Waals surface area contributed by atoms with Crippen molar-refractivity contribution in [1.29, 1.82) is 0 Å². The highest BCUT2D eigenvalue weighted by Gasteiger charge is 2.50. The molecule has 30 heavy (non-hydrogen) atoms. The number of furan rings is 1. The van der Waals surface area contributed by atoms with Crippen LogP contribution in [0.15, 0.2) is 22.6 Å². The molecule has 3 fully saturated rings. The molecule has 0 aliphatic carbocycles. The van der Waals surface area contributed by atoms with Crippen LogP contribution in [0, 0.1) is 18.8 Å². The summed E-state index contributed by atoms with van der Waals surface area (Å²) in [6.07, 6.45) is 3.36. The maximum atomic E-state index is 13.5. The Morgan fingerprint density at radius 1 is 1.30 bits per heavy atom. The highest BCUT2D eigenvalue weighted by atomic mass is 16.5. The SMILES string of the molecule is COc1ccc2c(C)c(C(=O)N3C[C@H]4C[C@@H](C3)[C@H](CO)N3C(=O)CCC[C@@H]43)oc2c1. The summed E-state index contributed by atoms with van der Waals surface area (Å²) in [6, 6.07) is 5.51. The normalized spacial score (nSPS) is 28.6. The summed E-state index contributed by atoms with van der Waals surface area (Å²) in [5.74, 6) is 1.46. The van der Waals surface area contributed by atoms with Crippen molar-refractivity contribution in [3.8, 4) is 5.75 Å². The Kier molecular flexibility index (Phi) is 4.73. The Balaban J connectivity index is 1.45. The third-order valence-corrected chi connectivity index (χ3v) is 7.31. The van der Waals surface area contributed by atoms with E-state index in [1.165, 1.54) is 0 Å². The number of piperidine rings is 3. The predicted molar refractivity (Wildman–Crippen MR) is 110 cm³/mol. The number of aliphatic hydroxyl groups excluding tert-OH is 1. The third kappa shape index (κ3) is 2.90. The molecule has 7 nitrogen and oxygen atoms in total. The van der Waals surface area contributed by atoms with E-state index in [1.54, 1.807) is 13.2 Å². The Labute approximate surface area is 175 Å². The van der Waals surface area contributed by atoms with Crippen molar-refractivity contribution in [3.05, 3.63) is 29.5 Å². The maximum absolute atomic E-state index is 13.5. The summed E-state index contributed by atoms with van der Waals surface area (Å²) < 4.78 is 11.2. The minimum Gasteiger partial charge on any atom is -0.497 e. The van der Waals surface area contributed by atoms with Crippen LogP contribution in [-0.2, 0) is 4.79 Å². The molecule has 1 aromatic carbocycles. The second-order valence-corrected chi connectivity index (χ2v) is 8.89. The maximum Gasteiger partial charge on any atom is 0.289 e. The molecule has 160 valence electrons. The minimum atomic E-state index is -0.198. The molecule has 1 N–H and O–H groups in total. The van der Waals surface area contributed by atoms with Gasteiger partial charge in [-0.3, -0.25) is 9.59 Å². The lowest BCUT2D eigenvalue weighted by molar-refractivity contribution is -0.154. The molecule has 0 spiro atoms. The van der Waals surface area contributed by atoms with Crippen molar-refractivity contribution in [2.75, 3.05) is 26.8 Å². The molecule has 5 rings (SSSR count). The molecule has 2 bridgehead atoms. The number of methoxy groups -OCH3 is 1. The number of likely N-dealkylation sites (tertiary alicyclic amines) is 1. The quantitative estimate of drug-likeness (QED) is 0.838. The van der Waals surface area contributed by atoms with Crippen LogP contribution < -0.4 is 4.74 Å². The van der Waals surface area contributed by atoms with Gasteiger partial charge in [0.15, 0.2) is 5.76 Å². The standard InChI is InChI=1S/C23H28N2O5/c1-13-17-7-6-16(29-2)9-20(17)30-22(13)23(28)24-10-14-8-15(11-24)19(12-26)25-18(14)4-3-5-21(25)27/h6-7,9,14-15,18-19,26H,3-5,8,10-12H2,1-2H3/t14-,15+,18+,19+/m1/s1. The number of aryl methyl sites for hydroxylation is 1. The highest BCUT2D eigenvalue weighted by Crippen LogP contribution is 2.42. The zero-order valence-corrected chi connectivity index (χ0v) is 17.5. The van der Waals surface area contributed by atoms with E-state index in [0.717, 1.165) is 30.2 Å². The minimum absolute atomic E-state index is 0.0505. The van der Waals surface area contributed by atoms with Crippen molar-refractivity contribution in [1.82, 2.24) is 9.80 Å². The smallest absolute Gasteiger partial charge is 0.289 e. The summed E-state index contributed by atoms with van der Waals surface area (Å²) in [5, 5.41) is 11.0. The predicted octanol–water partition coefficient (Wildman–Crippen LogP) is 2.58. The molecule has 3 saturated heterocycles. The number of amides is 2. The second-order valence-electron chi connectivity index (χ2n) is 8.89. The molecule has 3 aliphatic rings. The summed E-state index contributed by atoms with van der Waals surface area (Å²) in [4.78, 5) is 29.8. The summed E-state index contributed by atoms with van der Waals surface area (Å²) in [5.41, 5.74) is 1.48. The van der Waals surface area contributed by atoms with Gasteiger partial charge in [0.05, 0.1) is 19.8 Å². The molecule has 4 atom stereocenters. The lowest BCUT2D eigenvalue weighted by atomic mass is 9.72. The van der Waals surface area contributed by atoms with Crippen LogP contribution in [0.4, 0.5) is 0 Å². The van der Waals surface area contributed by atoms with Gasteiger partial charge in [0.2, 0.25) is 5.91 Å². The molecule has 7 heteroatoms. The number of nitrogens with zero attached hydrogens (tertiary/aromatic N) is 2. The van der Waals surface area contributed by atoms with Gasteiger partial charge in [-0.2, -0.15) is 0 Å².